The molecule has 1 aliphatic carbocycles. The van der Waals surface area contributed by atoms with Crippen molar-refractivity contribution in [1.29, 1.82) is 0 Å². The molecule has 2 unspecified atom stereocenters. The lowest BCUT2D eigenvalue weighted by atomic mass is 9.42. The fraction of sp³-hybridized carbons (Fsp3) is 0.864. The van der Waals surface area contributed by atoms with E-state index in [1.807, 2.05) is 6.92 Å². The van der Waals surface area contributed by atoms with E-state index in [0.717, 1.165) is 38.5 Å². The lowest BCUT2D eigenvalue weighted by Gasteiger charge is -2.30. The summed E-state index contributed by atoms with van der Waals surface area (Å²) in [5.41, 5.74) is 0.145. The van der Waals surface area contributed by atoms with E-state index < -0.39 is 0 Å². The molecule has 166 valence electrons. The van der Waals surface area contributed by atoms with E-state index in [1.54, 1.807) is 14.5 Å². The fourth-order valence-electron chi connectivity index (χ4n) is 4.64. The highest BCUT2D eigenvalue weighted by atomic mass is 16.5. The Labute approximate surface area is 183 Å². The number of amides is 2. The number of nitrogens with one attached hydrogen (secondary N) is 1. The standard InChI is InChI=1S/C22H38B2N2O4/c1-4-6-7-8-16(3)19-13-20(27)26(22(19)29)14-17-9-11-18(12-10-17)21(28)23-24-25-15-30-5-2/h16-19,25H,4-15H2,1-3H3. The van der Waals surface area contributed by atoms with Crippen molar-refractivity contribution in [2.75, 3.05) is 19.9 Å². The van der Waals surface area contributed by atoms with E-state index in [2.05, 4.69) is 19.1 Å². The molecule has 0 aromatic carbocycles. The molecule has 6 nitrogen and oxygen atoms in total. The average molecular weight is 416 g/mol. The van der Waals surface area contributed by atoms with E-state index in [4.69, 9.17) is 4.74 Å². The van der Waals surface area contributed by atoms with Crippen molar-refractivity contribution >= 4 is 32.0 Å². The number of rotatable bonds is 14. The molecule has 2 aliphatic rings. The molecule has 2 rings (SSSR count). The molecule has 0 spiro atoms. The molecule has 1 N–H and O–H groups in total. The lowest BCUT2D eigenvalue weighted by Crippen LogP contribution is -2.39. The Balaban J connectivity index is 1.72. The maximum atomic E-state index is 12.9. The van der Waals surface area contributed by atoms with Crippen molar-refractivity contribution in [2.24, 2.45) is 23.7 Å². The van der Waals surface area contributed by atoms with Gasteiger partial charge in [0.2, 0.25) is 11.8 Å². The first-order valence-corrected chi connectivity index (χ1v) is 11.8. The number of ether oxygens (including phenoxy) is 1. The topological polar surface area (TPSA) is 75.7 Å². The zero-order valence-corrected chi connectivity index (χ0v) is 19.0. The minimum atomic E-state index is -0.137. The quantitative estimate of drug-likeness (QED) is 0.204. The summed E-state index contributed by atoms with van der Waals surface area (Å²) < 4.78 is 5.17. The van der Waals surface area contributed by atoms with Crippen LogP contribution in [0, 0.1) is 23.7 Å². The van der Waals surface area contributed by atoms with Crippen LogP contribution in [-0.2, 0) is 19.1 Å². The predicted molar refractivity (Wildman–Crippen MR) is 120 cm³/mol. The molecule has 1 heterocycles. The first-order valence-electron chi connectivity index (χ1n) is 11.8. The second-order valence-electron chi connectivity index (χ2n) is 8.92. The minimum Gasteiger partial charge on any atom is -0.368 e. The van der Waals surface area contributed by atoms with E-state index >= 15 is 0 Å². The van der Waals surface area contributed by atoms with Crippen LogP contribution in [0.15, 0.2) is 0 Å². The van der Waals surface area contributed by atoms with Gasteiger partial charge < -0.3 is 14.8 Å². The summed E-state index contributed by atoms with van der Waals surface area (Å²) >= 11 is 0. The summed E-state index contributed by atoms with van der Waals surface area (Å²) in [6.45, 7) is 7.79. The molecule has 1 saturated heterocycles. The Morgan fingerprint density at radius 1 is 1.20 bits per heavy atom. The van der Waals surface area contributed by atoms with E-state index in [0.29, 0.717) is 32.2 Å². The lowest BCUT2D eigenvalue weighted by molar-refractivity contribution is -0.141. The van der Waals surface area contributed by atoms with Gasteiger partial charge in [-0.05, 0) is 50.9 Å². The molecule has 1 saturated carbocycles. The first-order chi connectivity index (χ1) is 14.5. The SMILES string of the molecule is CCCCCC(C)C1CC(=O)N(CC2CCC(C(=O)[B][B]NCOCC)CC2)C1=O. The number of unbranched alkanes of at least 4 members (excludes halogenated alkanes) is 2. The van der Waals surface area contributed by atoms with Gasteiger partial charge in [-0.3, -0.25) is 14.5 Å². The first kappa shape index (κ1) is 25.1. The highest BCUT2D eigenvalue weighted by molar-refractivity contribution is 7.15. The van der Waals surface area contributed by atoms with Gasteiger partial charge in [0.25, 0.3) is 0 Å². The summed E-state index contributed by atoms with van der Waals surface area (Å²) in [4.78, 5) is 39.2. The van der Waals surface area contributed by atoms with Gasteiger partial charge >= 0.3 is 0 Å². The van der Waals surface area contributed by atoms with Gasteiger partial charge in [0.05, 0.1) is 12.4 Å². The summed E-state index contributed by atoms with van der Waals surface area (Å²) in [6, 6.07) is 0. The van der Waals surface area contributed by atoms with Crippen LogP contribution in [0.25, 0.3) is 0 Å². The zero-order valence-electron chi connectivity index (χ0n) is 19.0. The van der Waals surface area contributed by atoms with Crippen LogP contribution >= 0.6 is 0 Å². The van der Waals surface area contributed by atoms with Crippen LogP contribution in [-0.4, -0.2) is 56.8 Å². The highest BCUT2D eigenvalue weighted by Gasteiger charge is 2.42. The molecule has 30 heavy (non-hydrogen) atoms. The van der Waals surface area contributed by atoms with Gasteiger partial charge in [0.1, 0.15) is 0 Å². The summed E-state index contributed by atoms with van der Waals surface area (Å²) in [7, 11) is 3.26. The summed E-state index contributed by atoms with van der Waals surface area (Å²) in [5.74, 6) is 0.522. The number of carbonyl (C=O) groups is 3. The van der Waals surface area contributed by atoms with Gasteiger partial charge in [0, 0.05) is 31.4 Å². The average Bonchev–Trinajstić information content (AvgIpc) is 3.02. The van der Waals surface area contributed by atoms with Crippen LogP contribution in [0.2, 0.25) is 0 Å². The molecule has 2 radical (unpaired) electrons. The summed E-state index contributed by atoms with van der Waals surface area (Å²) in [5, 5.41) is 2.95. The van der Waals surface area contributed by atoms with Crippen molar-refractivity contribution in [3.05, 3.63) is 0 Å². The molecule has 2 fully saturated rings. The molecule has 2 atom stereocenters. The van der Waals surface area contributed by atoms with Crippen LogP contribution < -0.4 is 5.23 Å². The van der Waals surface area contributed by atoms with Crippen LogP contribution in [0.1, 0.15) is 78.6 Å². The second kappa shape index (κ2) is 13.3. The predicted octanol–water partition coefficient (Wildman–Crippen LogP) is 2.73. The maximum Gasteiger partial charge on any atom is 0.233 e. The number of hydrogen-bond acceptors (Lipinski definition) is 5. The van der Waals surface area contributed by atoms with Crippen LogP contribution in [0.3, 0.4) is 0 Å². The maximum absolute atomic E-state index is 12.9. The Morgan fingerprint density at radius 2 is 1.93 bits per heavy atom. The molecule has 0 bridgehead atoms. The normalized spacial score (nSPS) is 25.4. The Hall–Kier alpha value is -1.14. The van der Waals surface area contributed by atoms with Crippen molar-refractivity contribution < 1.29 is 19.1 Å². The summed E-state index contributed by atoms with van der Waals surface area (Å²) in [6.07, 6.45) is 8.31. The third-order valence-electron chi connectivity index (χ3n) is 6.67. The molecule has 2 amide bonds. The third-order valence-corrected chi connectivity index (χ3v) is 6.67. The largest absolute Gasteiger partial charge is 0.368 e. The monoisotopic (exact) mass is 416 g/mol. The van der Waals surface area contributed by atoms with Gasteiger partial charge in [0.15, 0.2) is 14.5 Å². The van der Waals surface area contributed by atoms with Gasteiger partial charge in [-0.2, -0.15) is 0 Å². The van der Waals surface area contributed by atoms with Crippen molar-refractivity contribution in [2.45, 2.75) is 78.6 Å². The Kier molecular flexibility index (Phi) is 11.1. The van der Waals surface area contributed by atoms with Crippen molar-refractivity contribution in [3.8, 4) is 0 Å². The van der Waals surface area contributed by atoms with Crippen LogP contribution in [0.4, 0.5) is 0 Å². The second-order valence-corrected chi connectivity index (χ2v) is 8.92. The van der Waals surface area contributed by atoms with Gasteiger partial charge in [-0.25, -0.2) is 0 Å². The van der Waals surface area contributed by atoms with Gasteiger partial charge in [-0.15, -0.1) is 0 Å². The Morgan fingerprint density at radius 3 is 2.60 bits per heavy atom. The number of hydrogen-bond donors (Lipinski definition) is 1. The molecule has 8 heteroatoms. The van der Waals surface area contributed by atoms with Crippen molar-refractivity contribution in [3.63, 3.8) is 0 Å². The van der Waals surface area contributed by atoms with E-state index in [1.165, 1.54) is 17.7 Å². The number of imide groups is 1. The highest BCUT2D eigenvalue weighted by Crippen LogP contribution is 2.34. The third kappa shape index (κ3) is 7.52. The zero-order chi connectivity index (χ0) is 21.9. The van der Waals surface area contributed by atoms with E-state index in [9.17, 15) is 14.4 Å². The minimum absolute atomic E-state index is 0.00570. The number of nitrogens with zero attached hydrogens (tertiary/aromatic N) is 1. The molecular weight excluding hydrogens is 378 g/mol. The number of carbonyl (C=O) groups excluding carboxylic acids is 3. The fourth-order valence-corrected chi connectivity index (χ4v) is 4.64. The number of likely N-dealkylation sites (tertiary alicyclic amines) is 1. The molecular formula is C22H38B2N2O4. The Bertz CT molecular complexity index is 567. The smallest absolute Gasteiger partial charge is 0.233 e. The van der Waals surface area contributed by atoms with Crippen molar-refractivity contribution in [1.82, 2.24) is 10.1 Å². The molecule has 0 aromatic rings. The van der Waals surface area contributed by atoms with Gasteiger partial charge in [-0.1, -0.05) is 33.1 Å². The molecule has 0 aromatic heterocycles. The van der Waals surface area contributed by atoms with Crippen LogP contribution in [0.5, 0.6) is 0 Å². The molecule has 1 aliphatic heterocycles. The van der Waals surface area contributed by atoms with E-state index in [-0.39, 0.29) is 35.3 Å².